The maximum absolute atomic E-state index is 13.5. The van der Waals surface area contributed by atoms with Gasteiger partial charge in [-0.05, 0) is 50.7 Å². The molecule has 3 aliphatic rings. The van der Waals surface area contributed by atoms with Crippen molar-refractivity contribution in [3.05, 3.63) is 35.9 Å². The number of nitrogens with zero attached hydrogens (tertiary/aromatic N) is 3. The van der Waals surface area contributed by atoms with Gasteiger partial charge in [-0.3, -0.25) is 9.79 Å². The third kappa shape index (κ3) is 4.97. The van der Waals surface area contributed by atoms with Gasteiger partial charge in [0.2, 0.25) is 5.95 Å². The van der Waals surface area contributed by atoms with E-state index < -0.39 is 11.9 Å². The Morgan fingerprint density at radius 2 is 2.00 bits per heavy atom. The second-order valence-electron chi connectivity index (χ2n) is 8.88. The first kappa shape index (κ1) is 22.4. The summed E-state index contributed by atoms with van der Waals surface area (Å²) in [6, 6.07) is 5.72. The zero-order chi connectivity index (χ0) is 22.6. The highest BCUT2D eigenvalue weighted by molar-refractivity contribution is 6.26. The number of nitrogens with two attached hydrogens (primary N) is 1. The summed E-state index contributed by atoms with van der Waals surface area (Å²) in [6.07, 6.45) is 9.07. The molecule has 0 spiro atoms. The first-order valence-corrected chi connectivity index (χ1v) is 11.2. The Morgan fingerprint density at radius 3 is 2.66 bits per heavy atom. The van der Waals surface area contributed by atoms with E-state index in [2.05, 4.69) is 21.7 Å². The Hall–Kier alpha value is -2.83. The van der Waals surface area contributed by atoms with Gasteiger partial charge < -0.3 is 21.1 Å². The van der Waals surface area contributed by atoms with Gasteiger partial charge in [-0.1, -0.05) is 0 Å². The second kappa shape index (κ2) is 9.76. The van der Waals surface area contributed by atoms with Gasteiger partial charge in [0.05, 0.1) is 17.7 Å². The van der Waals surface area contributed by atoms with Crippen molar-refractivity contribution in [1.29, 1.82) is 5.26 Å². The molecule has 1 atom stereocenters. The van der Waals surface area contributed by atoms with Crippen LogP contribution in [0.3, 0.4) is 0 Å². The van der Waals surface area contributed by atoms with Crippen molar-refractivity contribution in [1.82, 2.24) is 10.3 Å². The third-order valence-electron chi connectivity index (χ3n) is 6.84. The summed E-state index contributed by atoms with van der Waals surface area (Å²) in [7, 11) is 0. The highest BCUT2D eigenvalue weighted by atomic mass is 19.1. The van der Waals surface area contributed by atoms with Gasteiger partial charge in [-0.2, -0.15) is 9.65 Å². The number of rotatable bonds is 6. The molecule has 2 fully saturated rings. The molecule has 8 nitrogen and oxygen atoms in total. The largest absolute Gasteiger partial charge is 0.381 e. The van der Waals surface area contributed by atoms with E-state index in [1.54, 1.807) is 12.1 Å². The van der Waals surface area contributed by atoms with Crippen LogP contribution in [0.4, 0.5) is 10.1 Å². The van der Waals surface area contributed by atoms with Crippen LogP contribution < -0.4 is 16.4 Å². The van der Waals surface area contributed by atoms with Crippen LogP contribution in [0.5, 0.6) is 0 Å². The van der Waals surface area contributed by atoms with Crippen LogP contribution >= 0.6 is 0 Å². The van der Waals surface area contributed by atoms with Crippen molar-refractivity contribution >= 4 is 17.4 Å². The maximum atomic E-state index is 13.5. The molecule has 4 rings (SSSR count). The number of ether oxygens (including phenoxy) is 1. The average Bonchev–Trinajstić information content (AvgIpc) is 3.21. The molecule has 1 aromatic rings. The van der Waals surface area contributed by atoms with Gasteiger partial charge in [0, 0.05) is 55.1 Å². The van der Waals surface area contributed by atoms with Crippen molar-refractivity contribution < 1.29 is 13.9 Å². The van der Waals surface area contributed by atoms with Crippen LogP contribution in [0.1, 0.15) is 44.9 Å². The predicted octanol–water partition coefficient (Wildman–Crippen LogP) is 2.44. The SMILES string of the molecule is N#CCC1(C2C=C(C(N)=O)C(Nc3ccnc(F)c3)=N2)CCC(NC2CCOCC2)CC1. The van der Waals surface area contributed by atoms with Crippen LogP contribution in [0.2, 0.25) is 0 Å². The fourth-order valence-electron chi connectivity index (χ4n) is 5.00. The molecular formula is C23H29FN6O2. The first-order valence-electron chi connectivity index (χ1n) is 11.2. The topological polar surface area (TPSA) is 125 Å². The quantitative estimate of drug-likeness (QED) is 0.584. The van der Waals surface area contributed by atoms with Crippen molar-refractivity contribution in [2.45, 2.75) is 63.1 Å². The molecule has 1 aromatic heterocycles. The Bertz CT molecular complexity index is 942. The molecule has 1 aliphatic carbocycles. The Morgan fingerprint density at radius 1 is 1.28 bits per heavy atom. The van der Waals surface area contributed by atoms with E-state index in [0.717, 1.165) is 51.7 Å². The van der Waals surface area contributed by atoms with Crippen molar-refractivity contribution in [2.24, 2.45) is 16.1 Å². The normalized spacial score (nSPS) is 28.5. The van der Waals surface area contributed by atoms with E-state index in [1.165, 1.54) is 12.3 Å². The number of primary amides is 1. The number of nitriles is 1. The maximum Gasteiger partial charge on any atom is 0.252 e. The standard InChI is InChI=1S/C23H29FN6O2/c24-20-13-17(3-10-27-20)29-22-18(21(26)31)14-19(30-22)23(8-9-25)6-1-15(2-7-23)28-16-4-11-32-12-5-16/h3,10,13-16,19,28H,1-2,4-8,11-12H2,(H2,26,31)(H,27,29,30). The summed E-state index contributed by atoms with van der Waals surface area (Å²) < 4.78 is 18.9. The van der Waals surface area contributed by atoms with E-state index in [4.69, 9.17) is 15.5 Å². The fraction of sp³-hybridized carbons (Fsp3) is 0.565. The molecule has 1 saturated carbocycles. The van der Waals surface area contributed by atoms with Gasteiger partial charge in [-0.15, -0.1) is 0 Å². The second-order valence-corrected chi connectivity index (χ2v) is 8.88. The number of hydrogen-bond donors (Lipinski definition) is 3. The van der Waals surface area contributed by atoms with Crippen LogP contribution in [0, 0.1) is 22.7 Å². The van der Waals surface area contributed by atoms with Gasteiger partial charge >= 0.3 is 0 Å². The number of nitrogens with one attached hydrogen (secondary N) is 2. The molecule has 0 bridgehead atoms. The number of aromatic nitrogens is 1. The molecule has 0 aromatic carbocycles. The molecule has 0 radical (unpaired) electrons. The smallest absolute Gasteiger partial charge is 0.252 e. The van der Waals surface area contributed by atoms with Gasteiger partial charge in [-0.25, -0.2) is 4.98 Å². The Labute approximate surface area is 187 Å². The number of anilines is 1. The zero-order valence-corrected chi connectivity index (χ0v) is 18.0. The molecule has 3 heterocycles. The number of halogens is 1. The molecule has 9 heteroatoms. The lowest BCUT2D eigenvalue weighted by atomic mass is 9.66. The molecule has 2 aliphatic heterocycles. The number of pyridine rings is 1. The molecule has 170 valence electrons. The summed E-state index contributed by atoms with van der Waals surface area (Å²) in [6.45, 7) is 1.61. The zero-order valence-electron chi connectivity index (χ0n) is 18.0. The number of amides is 1. The molecule has 1 saturated heterocycles. The predicted molar refractivity (Wildman–Crippen MR) is 118 cm³/mol. The van der Waals surface area contributed by atoms with E-state index in [9.17, 15) is 14.4 Å². The van der Waals surface area contributed by atoms with Crippen molar-refractivity contribution in [2.75, 3.05) is 18.5 Å². The molecule has 1 unspecified atom stereocenters. The van der Waals surface area contributed by atoms with Crippen molar-refractivity contribution in [3.63, 3.8) is 0 Å². The summed E-state index contributed by atoms with van der Waals surface area (Å²) in [4.78, 5) is 20.4. The lowest BCUT2D eigenvalue weighted by Crippen LogP contribution is -2.46. The van der Waals surface area contributed by atoms with Gasteiger partial charge in [0.25, 0.3) is 5.91 Å². The number of hydrogen-bond acceptors (Lipinski definition) is 7. The Balaban J connectivity index is 1.49. The number of carbonyl (C=O) groups excluding carboxylic acids is 1. The summed E-state index contributed by atoms with van der Waals surface area (Å²) in [5.74, 6) is -0.922. The number of amidine groups is 1. The van der Waals surface area contributed by atoms with Crippen LogP contribution in [0.25, 0.3) is 0 Å². The van der Waals surface area contributed by atoms with Crippen LogP contribution in [-0.2, 0) is 9.53 Å². The molecule has 4 N–H and O–H groups in total. The van der Waals surface area contributed by atoms with E-state index in [-0.39, 0.29) is 17.0 Å². The van der Waals surface area contributed by atoms with Gasteiger partial charge in [0.1, 0.15) is 5.84 Å². The van der Waals surface area contributed by atoms with Crippen LogP contribution in [-0.4, -0.2) is 48.1 Å². The van der Waals surface area contributed by atoms with E-state index in [0.29, 0.717) is 30.0 Å². The molecular weight excluding hydrogens is 411 g/mol. The number of aliphatic imine (C=N–C) groups is 1. The van der Waals surface area contributed by atoms with E-state index >= 15 is 0 Å². The van der Waals surface area contributed by atoms with E-state index in [1.807, 2.05) is 0 Å². The minimum Gasteiger partial charge on any atom is -0.381 e. The highest BCUT2D eigenvalue weighted by Crippen LogP contribution is 2.46. The van der Waals surface area contributed by atoms with Crippen LogP contribution in [0.15, 0.2) is 35.0 Å². The highest BCUT2D eigenvalue weighted by Gasteiger charge is 2.44. The fourth-order valence-corrected chi connectivity index (χ4v) is 5.00. The van der Waals surface area contributed by atoms with Crippen molar-refractivity contribution in [3.8, 4) is 6.07 Å². The average molecular weight is 441 g/mol. The lowest BCUT2D eigenvalue weighted by molar-refractivity contribution is -0.114. The summed E-state index contributed by atoms with van der Waals surface area (Å²) in [5, 5.41) is 16.3. The minimum atomic E-state index is -0.633. The Kier molecular flexibility index (Phi) is 6.82. The third-order valence-corrected chi connectivity index (χ3v) is 6.84. The summed E-state index contributed by atoms with van der Waals surface area (Å²) in [5.41, 5.74) is 5.96. The number of carbonyl (C=O) groups is 1. The monoisotopic (exact) mass is 440 g/mol. The first-order chi connectivity index (χ1) is 15.5. The lowest BCUT2D eigenvalue weighted by Gasteiger charge is -2.42. The summed E-state index contributed by atoms with van der Waals surface area (Å²) >= 11 is 0. The van der Waals surface area contributed by atoms with Gasteiger partial charge in [0.15, 0.2) is 0 Å². The molecule has 1 amide bonds. The minimum absolute atomic E-state index is 0.270. The molecule has 32 heavy (non-hydrogen) atoms.